The highest BCUT2D eigenvalue weighted by molar-refractivity contribution is 5.80. The highest BCUT2D eigenvalue weighted by Crippen LogP contribution is 2.35. The van der Waals surface area contributed by atoms with Crippen LogP contribution in [0, 0.1) is 0 Å². The number of aromatic nitrogens is 2. The fraction of sp³-hybridized carbons (Fsp3) is 0.462. The SMILES string of the molecule is NC1CCC(c2c[nH]c3ncccc23)CC1. The van der Waals surface area contributed by atoms with Gasteiger partial charge in [0.25, 0.3) is 0 Å². The Morgan fingerprint density at radius 3 is 2.88 bits per heavy atom. The van der Waals surface area contributed by atoms with Crippen molar-refractivity contribution in [3.8, 4) is 0 Å². The molecule has 1 fully saturated rings. The van der Waals surface area contributed by atoms with Crippen LogP contribution in [-0.2, 0) is 0 Å². The summed E-state index contributed by atoms with van der Waals surface area (Å²) in [5, 5.41) is 1.28. The van der Waals surface area contributed by atoms with Crippen molar-refractivity contribution in [2.45, 2.75) is 37.6 Å². The van der Waals surface area contributed by atoms with Crippen LogP contribution < -0.4 is 5.73 Å². The van der Waals surface area contributed by atoms with Crippen LogP contribution in [0.3, 0.4) is 0 Å². The van der Waals surface area contributed by atoms with E-state index in [1.54, 1.807) is 0 Å². The Morgan fingerprint density at radius 1 is 1.25 bits per heavy atom. The molecule has 16 heavy (non-hydrogen) atoms. The van der Waals surface area contributed by atoms with E-state index in [0.29, 0.717) is 12.0 Å². The van der Waals surface area contributed by atoms with E-state index >= 15 is 0 Å². The molecule has 1 aliphatic rings. The van der Waals surface area contributed by atoms with Crippen LogP contribution in [0.4, 0.5) is 0 Å². The van der Waals surface area contributed by atoms with Gasteiger partial charge >= 0.3 is 0 Å². The van der Waals surface area contributed by atoms with Gasteiger partial charge in [-0.2, -0.15) is 0 Å². The summed E-state index contributed by atoms with van der Waals surface area (Å²) >= 11 is 0. The first kappa shape index (κ1) is 9.85. The van der Waals surface area contributed by atoms with Crippen molar-refractivity contribution in [2.75, 3.05) is 0 Å². The molecule has 84 valence electrons. The predicted molar refractivity (Wildman–Crippen MR) is 65.3 cm³/mol. The fourth-order valence-electron chi connectivity index (χ4n) is 2.75. The van der Waals surface area contributed by atoms with Crippen LogP contribution >= 0.6 is 0 Å². The third-order valence-electron chi connectivity index (χ3n) is 3.69. The Bertz CT molecular complexity index is 481. The van der Waals surface area contributed by atoms with E-state index in [2.05, 4.69) is 22.2 Å². The lowest BCUT2D eigenvalue weighted by molar-refractivity contribution is 0.397. The maximum Gasteiger partial charge on any atom is 0.137 e. The minimum atomic E-state index is 0.416. The molecule has 1 saturated carbocycles. The smallest absolute Gasteiger partial charge is 0.137 e. The molecule has 3 heteroatoms. The van der Waals surface area contributed by atoms with Gasteiger partial charge in [-0.1, -0.05) is 0 Å². The average Bonchev–Trinajstić information content (AvgIpc) is 2.74. The number of nitrogens with one attached hydrogen (secondary N) is 1. The Balaban J connectivity index is 1.94. The van der Waals surface area contributed by atoms with Crippen LogP contribution in [0.5, 0.6) is 0 Å². The maximum atomic E-state index is 5.94. The largest absolute Gasteiger partial charge is 0.346 e. The normalized spacial score (nSPS) is 26.1. The third-order valence-corrected chi connectivity index (χ3v) is 3.69. The van der Waals surface area contributed by atoms with Gasteiger partial charge < -0.3 is 10.7 Å². The molecule has 0 saturated heterocycles. The van der Waals surface area contributed by atoms with Gasteiger partial charge in [0.2, 0.25) is 0 Å². The zero-order chi connectivity index (χ0) is 11.0. The molecule has 3 N–H and O–H groups in total. The second-order valence-corrected chi connectivity index (χ2v) is 4.76. The summed E-state index contributed by atoms with van der Waals surface area (Å²) in [7, 11) is 0. The molecule has 2 aromatic heterocycles. The minimum absolute atomic E-state index is 0.416. The molecule has 3 nitrogen and oxygen atoms in total. The van der Waals surface area contributed by atoms with Gasteiger partial charge in [0.15, 0.2) is 0 Å². The van der Waals surface area contributed by atoms with Gasteiger partial charge in [0.1, 0.15) is 5.65 Å². The van der Waals surface area contributed by atoms with Crippen LogP contribution in [-0.4, -0.2) is 16.0 Å². The summed E-state index contributed by atoms with van der Waals surface area (Å²) in [6.07, 6.45) is 8.68. The van der Waals surface area contributed by atoms with Gasteiger partial charge in [0.05, 0.1) is 0 Å². The number of pyridine rings is 1. The van der Waals surface area contributed by atoms with E-state index in [-0.39, 0.29) is 0 Å². The van der Waals surface area contributed by atoms with Crippen molar-refractivity contribution in [3.05, 3.63) is 30.1 Å². The molecule has 0 aliphatic heterocycles. The molecular weight excluding hydrogens is 198 g/mol. The number of fused-ring (bicyclic) bond motifs is 1. The van der Waals surface area contributed by atoms with Gasteiger partial charge in [-0.25, -0.2) is 4.98 Å². The standard InChI is InChI=1S/C13H17N3/c14-10-5-3-9(4-6-10)12-8-16-13-11(12)2-1-7-15-13/h1-2,7-10H,3-6,14H2,(H,15,16). The van der Waals surface area contributed by atoms with Crippen molar-refractivity contribution in [1.29, 1.82) is 0 Å². The van der Waals surface area contributed by atoms with Crippen molar-refractivity contribution >= 4 is 11.0 Å². The molecule has 0 radical (unpaired) electrons. The second kappa shape index (κ2) is 3.91. The molecule has 1 aliphatic carbocycles. The van der Waals surface area contributed by atoms with Gasteiger partial charge in [0, 0.05) is 23.8 Å². The number of nitrogens with two attached hydrogens (primary N) is 1. The van der Waals surface area contributed by atoms with Crippen LogP contribution in [0.1, 0.15) is 37.2 Å². The van der Waals surface area contributed by atoms with Crippen molar-refractivity contribution in [2.24, 2.45) is 5.73 Å². The summed E-state index contributed by atoms with van der Waals surface area (Å²) < 4.78 is 0. The number of rotatable bonds is 1. The number of hydrogen-bond acceptors (Lipinski definition) is 2. The molecule has 0 spiro atoms. The highest BCUT2D eigenvalue weighted by Gasteiger charge is 2.22. The zero-order valence-electron chi connectivity index (χ0n) is 9.32. The summed E-state index contributed by atoms with van der Waals surface area (Å²) in [5.74, 6) is 0.665. The molecule has 0 amide bonds. The molecule has 0 bridgehead atoms. The minimum Gasteiger partial charge on any atom is -0.346 e. The van der Waals surface area contributed by atoms with E-state index < -0.39 is 0 Å². The monoisotopic (exact) mass is 215 g/mol. The highest BCUT2D eigenvalue weighted by atomic mass is 14.8. The fourth-order valence-corrected chi connectivity index (χ4v) is 2.75. The Kier molecular flexibility index (Phi) is 2.40. The van der Waals surface area contributed by atoms with Gasteiger partial charge in [-0.15, -0.1) is 0 Å². The molecule has 3 rings (SSSR count). The molecule has 2 aromatic rings. The van der Waals surface area contributed by atoms with Gasteiger partial charge in [-0.3, -0.25) is 0 Å². The maximum absolute atomic E-state index is 5.94. The first-order valence-corrected chi connectivity index (χ1v) is 6.02. The molecule has 0 atom stereocenters. The summed E-state index contributed by atoms with van der Waals surface area (Å²) in [6, 6.07) is 4.58. The van der Waals surface area contributed by atoms with Crippen LogP contribution in [0.2, 0.25) is 0 Å². The lowest BCUT2D eigenvalue weighted by Gasteiger charge is -2.25. The van der Waals surface area contributed by atoms with E-state index in [1.807, 2.05) is 12.3 Å². The van der Waals surface area contributed by atoms with Crippen molar-refractivity contribution in [3.63, 3.8) is 0 Å². The summed E-state index contributed by atoms with van der Waals surface area (Å²) in [6.45, 7) is 0. The van der Waals surface area contributed by atoms with Crippen LogP contribution in [0.15, 0.2) is 24.5 Å². The first-order valence-electron chi connectivity index (χ1n) is 6.02. The predicted octanol–water partition coefficient (Wildman–Crippen LogP) is 2.55. The second-order valence-electron chi connectivity index (χ2n) is 4.76. The Morgan fingerprint density at radius 2 is 2.06 bits per heavy atom. The van der Waals surface area contributed by atoms with Crippen molar-refractivity contribution < 1.29 is 0 Å². The van der Waals surface area contributed by atoms with E-state index in [1.165, 1.54) is 23.8 Å². The molecule has 2 heterocycles. The summed E-state index contributed by atoms with van der Waals surface area (Å²) in [5.41, 5.74) is 8.38. The third kappa shape index (κ3) is 1.61. The van der Waals surface area contributed by atoms with Crippen molar-refractivity contribution in [1.82, 2.24) is 9.97 Å². The zero-order valence-corrected chi connectivity index (χ0v) is 9.32. The number of H-pyrrole nitrogens is 1. The van der Waals surface area contributed by atoms with Gasteiger partial charge in [-0.05, 0) is 49.3 Å². The molecular formula is C13H17N3. The topological polar surface area (TPSA) is 54.7 Å². The van der Waals surface area contributed by atoms with E-state index in [9.17, 15) is 0 Å². The van der Waals surface area contributed by atoms with E-state index in [0.717, 1.165) is 18.5 Å². The quantitative estimate of drug-likeness (QED) is 0.768. The lowest BCUT2D eigenvalue weighted by Crippen LogP contribution is -2.25. The number of aromatic amines is 1. The summed E-state index contributed by atoms with van der Waals surface area (Å²) in [4.78, 5) is 7.59. The number of nitrogens with zero attached hydrogens (tertiary/aromatic N) is 1. The Labute approximate surface area is 95.1 Å². The lowest BCUT2D eigenvalue weighted by atomic mass is 9.82. The molecule has 0 aromatic carbocycles. The molecule has 0 unspecified atom stereocenters. The first-order chi connectivity index (χ1) is 7.84. The number of hydrogen-bond donors (Lipinski definition) is 2. The van der Waals surface area contributed by atoms with E-state index in [4.69, 9.17) is 5.73 Å². The Hall–Kier alpha value is -1.35. The van der Waals surface area contributed by atoms with Crippen LogP contribution in [0.25, 0.3) is 11.0 Å². The average molecular weight is 215 g/mol.